The summed E-state index contributed by atoms with van der Waals surface area (Å²) in [4.78, 5) is 43.5. The summed E-state index contributed by atoms with van der Waals surface area (Å²) in [5.74, 6) is -0.0382. The predicted molar refractivity (Wildman–Crippen MR) is 127 cm³/mol. The molecule has 0 aromatic heterocycles. The Morgan fingerprint density at radius 3 is 2.47 bits per heavy atom. The number of ether oxygens (including phenoxy) is 2. The fraction of sp³-hybridized carbons (Fsp3) is 0.423. The van der Waals surface area contributed by atoms with E-state index in [1.807, 2.05) is 0 Å². The van der Waals surface area contributed by atoms with Gasteiger partial charge in [0.1, 0.15) is 12.4 Å². The molecule has 190 valence electrons. The minimum Gasteiger partial charge on any atom is -0.493 e. The first-order valence-electron chi connectivity index (χ1n) is 12.1. The Morgan fingerprint density at radius 1 is 1.03 bits per heavy atom. The fourth-order valence-corrected chi connectivity index (χ4v) is 5.42. The molecule has 3 fully saturated rings. The number of rotatable bonds is 7. The van der Waals surface area contributed by atoms with Crippen molar-refractivity contribution >= 4 is 17.7 Å². The lowest BCUT2D eigenvalue weighted by atomic mass is 9.81. The molecule has 1 aliphatic carbocycles. The van der Waals surface area contributed by atoms with Crippen molar-refractivity contribution in [3.8, 4) is 11.5 Å². The number of hydrogen-bond acceptors (Lipinski definition) is 6. The Bertz CT molecular complexity index is 1170. The van der Waals surface area contributed by atoms with Crippen molar-refractivity contribution in [2.75, 3.05) is 20.8 Å². The summed E-state index contributed by atoms with van der Waals surface area (Å²) in [6, 6.07) is 10.3. The monoisotopic (exact) mass is 496 g/mol. The number of carbonyl (C=O) groups is 3. The van der Waals surface area contributed by atoms with Crippen LogP contribution in [0.25, 0.3) is 0 Å². The average molecular weight is 497 g/mol. The minimum atomic E-state index is -0.715. The van der Waals surface area contributed by atoms with Gasteiger partial charge in [-0.05, 0) is 48.7 Å². The Balaban J connectivity index is 1.40. The number of halogens is 1. The van der Waals surface area contributed by atoms with Crippen LogP contribution >= 0.6 is 0 Å². The molecule has 2 aromatic carbocycles. The highest BCUT2D eigenvalue weighted by atomic mass is 19.1. The largest absolute Gasteiger partial charge is 0.493 e. The highest BCUT2D eigenvalue weighted by molar-refractivity contribution is 6.00. The van der Waals surface area contributed by atoms with Crippen LogP contribution in [0.5, 0.6) is 11.5 Å². The van der Waals surface area contributed by atoms with E-state index >= 15 is 0 Å². The Kier molecular flexibility index (Phi) is 6.53. The summed E-state index contributed by atoms with van der Waals surface area (Å²) >= 11 is 0. The number of nitrogens with zero attached hydrogens (tertiary/aromatic N) is 3. The van der Waals surface area contributed by atoms with Crippen LogP contribution in [-0.4, -0.2) is 65.6 Å². The number of ketones is 1. The van der Waals surface area contributed by atoms with Crippen molar-refractivity contribution < 1.29 is 28.2 Å². The van der Waals surface area contributed by atoms with Crippen LogP contribution < -0.4 is 14.9 Å². The molecule has 3 atom stereocenters. The van der Waals surface area contributed by atoms with Gasteiger partial charge in [0.2, 0.25) is 5.91 Å². The van der Waals surface area contributed by atoms with Crippen LogP contribution in [0, 0.1) is 11.7 Å². The smallest absolute Gasteiger partial charge is 0.337 e. The van der Waals surface area contributed by atoms with Crippen LogP contribution in [-0.2, 0) is 11.3 Å². The number of hydrogen-bond donors (Lipinski definition) is 1. The van der Waals surface area contributed by atoms with Gasteiger partial charge in [-0.25, -0.2) is 14.2 Å². The number of urea groups is 1. The maximum absolute atomic E-state index is 13.5. The van der Waals surface area contributed by atoms with Gasteiger partial charge in [0.25, 0.3) is 0 Å². The van der Waals surface area contributed by atoms with E-state index in [1.165, 1.54) is 31.4 Å². The fourth-order valence-electron chi connectivity index (χ4n) is 5.42. The number of fused-ring (bicyclic) bond motifs is 3. The Labute approximate surface area is 208 Å². The van der Waals surface area contributed by atoms with Crippen molar-refractivity contribution in [3.05, 3.63) is 59.4 Å². The van der Waals surface area contributed by atoms with Gasteiger partial charge in [-0.3, -0.25) is 14.5 Å². The number of methoxy groups -OCH3 is 2. The normalized spacial score (nSPS) is 23.4. The molecule has 3 aliphatic rings. The molecule has 0 radical (unpaired) electrons. The predicted octanol–water partition coefficient (Wildman–Crippen LogP) is 3.15. The number of benzene rings is 2. The number of hydrazine groups is 1. The first-order valence-corrected chi connectivity index (χ1v) is 12.1. The van der Waals surface area contributed by atoms with Crippen molar-refractivity contribution in [1.82, 2.24) is 20.2 Å². The van der Waals surface area contributed by atoms with Crippen LogP contribution in [0.1, 0.15) is 41.6 Å². The Hall–Kier alpha value is -3.66. The summed E-state index contributed by atoms with van der Waals surface area (Å²) < 4.78 is 24.0. The molecule has 3 amide bonds. The molecule has 2 saturated heterocycles. The quantitative estimate of drug-likeness (QED) is 0.593. The van der Waals surface area contributed by atoms with Gasteiger partial charge in [0, 0.05) is 18.2 Å². The second-order valence-electron chi connectivity index (χ2n) is 9.32. The van der Waals surface area contributed by atoms with Crippen LogP contribution in [0.15, 0.2) is 42.5 Å². The van der Waals surface area contributed by atoms with Crippen LogP contribution in [0.2, 0.25) is 0 Å². The molecule has 9 nitrogen and oxygen atoms in total. The lowest BCUT2D eigenvalue weighted by Crippen LogP contribution is -2.65. The summed E-state index contributed by atoms with van der Waals surface area (Å²) in [5.41, 5.74) is 4.24. The van der Waals surface area contributed by atoms with E-state index in [0.717, 1.165) is 24.8 Å². The molecule has 10 heteroatoms. The van der Waals surface area contributed by atoms with Crippen molar-refractivity contribution in [1.29, 1.82) is 0 Å². The van der Waals surface area contributed by atoms with E-state index in [9.17, 15) is 18.8 Å². The topological polar surface area (TPSA) is 91.4 Å². The van der Waals surface area contributed by atoms with Gasteiger partial charge < -0.3 is 14.4 Å². The number of nitrogens with one attached hydrogen (secondary N) is 1. The summed E-state index contributed by atoms with van der Waals surface area (Å²) in [7, 11) is 3.00. The molecule has 36 heavy (non-hydrogen) atoms. The van der Waals surface area contributed by atoms with Gasteiger partial charge in [-0.15, -0.1) is 0 Å². The maximum atomic E-state index is 13.5. The standard InChI is InChI=1S/C26H29FN4O5/c1-35-22-12-9-17(13-23(22)36-2)21(32)15-30-26(34)31-20-6-4-3-5-19(20)24(33)29(25(31)28-30)14-16-7-10-18(27)11-8-16/h7-13,19-20,25,28H,3-6,14-15H2,1-2H3. The molecule has 0 spiro atoms. The summed E-state index contributed by atoms with van der Waals surface area (Å²) in [6.07, 6.45) is 2.60. The van der Waals surface area contributed by atoms with E-state index < -0.39 is 6.29 Å². The van der Waals surface area contributed by atoms with Crippen molar-refractivity contribution in [3.63, 3.8) is 0 Å². The van der Waals surface area contributed by atoms with Crippen molar-refractivity contribution in [2.24, 2.45) is 5.92 Å². The molecular weight excluding hydrogens is 467 g/mol. The number of amides is 3. The number of Topliss-reactive ketones (excluding diaryl/α,β-unsaturated/α-hetero) is 1. The lowest BCUT2D eigenvalue weighted by Gasteiger charge is -2.48. The third kappa shape index (κ3) is 4.26. The molecule has 2 heterocycles. The minimum absolute atomic E-state index is 0.0290. The van der Waals surface area contributed by atoms with Crippen LogP contribution in [0.3, 0.4) is 0 Å². The SMILES string of the molecule is COc1ccc(C(=O)CN2NC3N(Cc4ccc(F)cc4)C(=O)C4CCCCC4N3C2=O)cc1OC. The van der Waals surface area contributed by atoms with Gasteiger partial charge in [0.15, 0.2) is 23.6 Å². The molecule has 5 rings (SSSR count). The Morgan fingerprint density at radius 2 is 1.75 bits per heavy atom. The first kappa shape index (κ1) is 24.1. The second-order valence-corrected chi connectivity index (χ2v) is 9.32. The molecular formula is C26H29FN4O5. The van der Waals surface area contributed by atoms with Gasteiger partial charge >= 0.3 is 6.03 Å². The second kappa shape index (κ2) is 9.77. The zero-order chi connectivity index (χ0) is 25.4. The van der Waals surface area contributed by atoms with E-state index in [0.29, 0.717) is 23.5 Å². The highest BCUT2D eigenvalue weighted by Gasteiger charge is 2.54. The molecule has 3 unspecified atom stereocenters. The van der Waals surface area contributed by atoms with E-state index in [1.54, 1.807) is 40.1 Å². The van der Waals surface area contributed by atoms with Crippen molar-refractivity contribution in [2.45, 2.75) is 44.6 Å². The molecule has 0 bridgehead atoms. The van der Waals surface area contributed by atoms with E-state index in [-0.39, 0.29) is 48.6 Å². The molecule has 1 N–H and O–H groups in total. The maximum Gasteiger partial charge on any atom is 0.337 e. The first-order chi connectivity index (χ1) is 17.4. The van der Waals surface area contributed by atoms with E-state index in [2.05, 4.69) is 5.43 Å². The zero-order valence-corrected chi connectivity index (χ0v) is 20.3. The van der Waals surface area contributed by atoms with Gasteiger partial charge in [-0.2, -0.15) is 5.43 Å². The van der Waals surface area contributed by atoms with E-state index in [4.69, 9.17) is 9.47 Å². The number of carbonyl (C=O) groups excluding carboxylic acids is 3. The lowest BCUT2D eigenvalue weighted by molar-refractivity contribution is -0.157. The summed E-state index contributed by atoms with van der Waals surface area (Å²) in [5, 5.41) is 1.28. The zero-order valence-electron chi connectivity index (χ0n) is 20.3. The van der Waals surface area contributed by atoms with Gasteiger partial charge in [-0.1, -0.05) is 25.0 Å². The molecule has 2 aliphatic heterocycles. The third-order valence-corrected chi connectivity index (χ3v) is 7.24. The van der Waals surface area contributed by atoms with Crippen LogP contribution in [0.4, 0.5) is 9.18 Å². The summed E-state index contributed by atoms with van der Waals surface area (Å²) in [6.45, 7) is 0.0124. The molecule has 1 saturated carbocycles. The molecule has 2 aromatic rings. The highest BCUT2D eigenvalue weighted by Crippen LogP contribution is 2.38. The third-order valence-electron chi connectivity index (χ3n) is 7.24. The average Bonchev–Trinajstić information content (AvgIpc) is 3.22. The van der Waals surface area contributed by atoms with Gasteiger partial charge in [0.05, 0.1) is 20.1 Å².